The molecule has 0 radical (unpaired) electrons. The van der Waals surface area contributed by atoms with Crippen molar-refractivity contribution in [3.63, 3.8) is 0 Å². The highest BCUT2D eigenvalue weighted by atomic mass is 16.2. The van der Waals surface area contributed by atoms with E-state index in [0.29, 0.717) is 5.56 Å². The fourth-order valence-electron chi connectivity index (χ4n) is 1.73. The molecule has 88 valence electrons. The van der Waals surface area contributed by atoms with Gasteiger partial charge >= 0.3 is 0 Å². The molecule has 17 heavy (non-hydrogen) atoms. The van der Waals surface area contributed by atoms with Crippen LogP contribution in [0.3, 0.4) is 0 Å². The molecule has 3 N–H and O–H groups in total. The number of nitrogens with one attached hydrogen (secondary N) is 1. The van der Waals surface area contributed by atoms with Gasteiger partial charge in [-0.1, -0.05) is 12.1 Å². The summed E-state index contributed by atoms with van der Waals surface area (Å²) in [5, 5.41) is 4.20. The van der Waals surface area contributed by atoms with Crippen LogP contribution in [-0.2, 0) is 0 Å². The Morgan fingerprint density at radius 3 is 2.82 bits per heavy atom. The number of hydrazine groups is 1. The molecule has 0 bridgehead atoms. The van der Waals surface area contributed by atoms with E-state index in [1.165, 1.54) is 6.20 Å². The molecule has 1 amide bonds. The molecule has 0 atom stereocenters. The Labute approximate surface area is 99.2 Å². The first kappa shape index (κ1) is 11.3. The van der Waals surface area contributed by atoms with Crippen LogP contribution in [-0.4, -0.2) is 15.7 Å². The summed E-state index contributed by atoms with van der Waals surface area (Å²) in [6, 6.07) is 7.91. The Morgan fingerprint density at radius 1 is 1.41 bits per heavy atom. The molecule has 0 aliphatic carbocycles. The molecule has 5 heteroatoms. The highest BCUT2D eigenvalue weighted by Gasteiger charge is 2.13. The van der Waals surface area contributed by atoms with Gasteiger partial charge in [0.25, 0.3) is 5.91 Å². The first-order chi connectivity index (χ1) is 8.13. The lowest BCUT2D eigenvalue weighted by Gasteiger charge is -2.05. The SMILES string of the molecule is Cc1cccc(-n2ncc(C(=O)NN)c2C)c1. The van der Waals surface area contributed by atoms with E-state index in [1.54, 1.807) is 4.68 Å². The molecule has 0 aliphatic heterocycles. The third-order valence-corrected chi connectivity index (χ3v) is 2.63. The molecule has 0 aliphatic rings. The normalized spacial score (nSPS) is 10.3. The van der Waals surface area contributed by atoms with Gasteiger partial charge in [-0.25, -0.2) is 10.5 Å². The number of amides is 1. The van der Waals surface area contributed by atoms with E-state index in [1.807, 2.05) is 38.1 Å². The summed E-state index contributed by atoms with van der Waals surface area (Å²) in [7, 11) is 0. The van der Waals surface area contributed by atoms with Crippen molar-refractivity contribution in [3.05, 3.63) is 47.3 Å². The van der Waals surface area contributed by atoms with Crippen molar-refractivity contribution < 1.29 is 4.79 Å². The second-order valence-corrected chi connectivity index (χ2v) is 3.87. The summed E-state index contributed by atoms with van der Waals surface area (Å²) >= 11 is 0. The van der Waals surface area contributed by atoms with Crippen LogP contribution < -0.4 is 11.3 Å². The zero-order chi connectivity index (χ0) is 12.4. The number of benzene rings is 1. The van der Waals surface area contributed by atoms with Gasteiger partial charge < -0.3 is 0 Å². The summed E-state index contributed by atoms with van der Waals surface area (Å²) in [5.74, 6) is 4.78. The Morgan fingerprint density at radius 2 is 2.18 bits per heavy atom. The van der Waals surface area contributed by atoms with Crippen molar-refractivity contribution in [2.45, 2.75) is 13.8 Å². The number of nitrogen functional groups attached to an aromatic ring is 1. The maximum Gasteiger partial charge on any atom is 0.268 e. The van der Waals surface area contributed by atoms with Crippen LogP contribution in [0.25, 0.3) is 5.69 Å². The predicted molar refractivity (Wildman–Crippen MR) is 64.7 cm³/mol. The molecule has 5 nitrogen and oxygen atoms in total. The lowest BCUT2D eigenvalue weighted by atomic mass is 10.2. The highest BCUT2D eigenvalue weighted by molar-refractivity contribution is 5.94. The van der Waals surface area contributed by atoms with Crippen LogP contribution in [0.1, 0.15) is 21.6 Å². The number of carbonyl (C=O) groups excluding carboxylic acids is 1. The van der Waals surface area contributed by atoms with Gasteiger partial charge in [0.2, 0.25) is 0 Å². The highest BCUT2D eigenvalue weighted by Crippen LogP contribution is 2.14. The number of rotatable bonds is 2. The predicted octanol–water partition coefficient (Wildman–Crippen LogP) is 1.09. The Balaban J connectivity index is 2.48. The second kappa shape index (κ2) is 4.39. The van der Waals surface area contributed by atoms with Crippen molar-refractivity contribution in [1.82, 2.24) is 15.2 Å². The van der Waals surface area contributed by atoms with Gasteiger partial charge in [0, 0.05) is 0 Å². The molecule has 1 aromatic carbocycles. The first-order valence-electron chi connectivity index (χ1n) is 5.26. The molecule has 0 saturated carbocycles. The van der Waals surface area contributed by atoms with Gasteiger partial charge in [-0.3, -0.25) is 10.2 Å². The maximum absolute atomic E-state index is 11.5. The molecule has 0 spiro atoms. The van der Waals surface area contributed by atoms with E-state index in [2.05, 4.69) is 10.5 Å². The Bertz CT molecular complexity index is 559. The van der Waals surface area contributed by atoms with Gasteiger partial charge in [0.1, 0.15) is 0 Å². The van der Waals surface area contributed by atoms with E-state index in [4.69, 9.17) is 5.84 Å². The lowest BCUT2D eigenvalue weighted by molar-refractivity contribution is 0.0953. The van der Waals surface area contributed by atoms with Crippen molar-refractivity contribution in [3.8, 4) is 5.69 Å². The minimum Gasteiger partial charge on any atom is -0.290 e. The molecule has 0 saturated heterocycles. The van der Waals surface area contributed by atoms with Crippen molar-refractivity contribution in [2.24, 2.45) is 5.84 Å². The standard InChI is InChI=1S/C12H14N4O/c1-8-4-3-5-10(6-8)16-9(2)11(7-14-16)12(17)15-13/h3-7H,13H2,1-2H3,(H,15,17). The zero-order valence-corrected chi connectivity index (χ0v) is 9.77. The van der Waals surface area contributed by atoms with Crippen LogP contribution in [0.4, 0.5) is 0 Å². The van der Waals surface area contributed by atoms with Gasteiger partial charge in [-0.05, 0) is 31.5 Å². The lowest BCUT2D eigenvalue weighted by Crippen LogP contribution is -2.30. The van der Waals surface area contributed by atoms with Crippen LogP contribution in [0, 0.1) is 13.8 Å². The fourth-order valence-corrected chi connectivity index (χ4v) is 1.73. The Kier molecular flexibility index (Phi) is 2.93. The third kappa shape index (κ3) is 2.05. The van der Waals surface area contributed by atoms with Crippen molar-refractivity contribution in [2.75, 3.05) is 0 Å². The molecular formula is C12H14N4O. The maximum atomic E-state index is 11.5. The largest absolute Gasteiger partial charge is 0.290 e. The Hall–Kier alpha value is -2.14. The molecule has 0 fully saturated rings. The van der Waals surface area contributed by atoms with Gasteiger partial charge in [0.05, 0.1) is 23.1 Å². The monoisotopic (exact) mass is 230 g/mol. The molecule has 0 unspecified atom stereocenters. The van der Waals surface area contributed by atoms with E-state index < -0.39 is 0 Å². The van der Waals surface area contributed by atoms with E-state index >= 15 is 0 Å². The van der Waals surface area contributed by atoms with Crippen LogP contribution in [0.5, 0.6) is 0 Å². The molecule has 1 aromatic heterocycles. The van der Waals surface area contributed by atoms with Gasteiger partial charge in [-0.2, -0.15) is 5.10 Å². The van der Waals surface area contributed by atoms with Gasteiger partial charge in [-0.15, -0.1) is 0 Å². The fraction of sp³-hybridized carbons (Fsp3) is 0.167. The summed E-state index contributed by atoms with van der Waals surface area (Å²) in [4.78, 5) is 11.5. The molecule has 2 aromatic rings. The van der Waals surface area contributed by atoms with E-state index in [0.717, 1.165) is 16.9 Å². The molecule has 1 heterocycles. The van der Waals surface area contributed by atoms with Gasteiger partial charge in [0.15, 0.2) is 0 Å². The van der Waals surface area contributed by atoms with E-state index in [-0.39, 0.29) is 5.91 Å². The third-order valence-electron chi connectivity index (χ3n) is 2.63. The number of hydrogen-bond donors (Lipinski definition) is 2. The van der Waals surface area contributed by atoms with Crippen LogP contribution in [0.15, 0.2) is 30.5 Å². The number of aryl methyl sites for hydroxylation is 1. The number of hydrogen-bond acceptors (Lipinski definition) is 3. The number of nitrogens with two attached hydrogens (primary N) is 1. The first-order valence-corrected chi connectivity index (χ1v) is 5.26. The average molecular weight is 230 g/mol. The topological polar surface area (TPSA) is 72.9 Å². The summed E-state index contributed by atoms with van der Waals surface area (Å²) in [6.07, 6.45) is 1.51. The molecule has 2 rings (SSSR count). The average Bonchev–Trinajstić information content (AvgIpc) is 2.70. The van der Waals surface area contributed by atoms with Crippen LogP contribution in [0.2, 0.25) is 0 Å². The summed E-state index contributed by atoms with van der Waals surface area (Å²) in [5.41, 5.74) is 5.42. The molecular weight excluding hydrogens is 216 g/mol. The zero-order valence-electron chi connectivity index (χ0n) is 9.77. The number of aromatic nitrogens is 2. The summed E-state index contributed by atoms with van der Waals surface area (Å²) < 4.78 is 1.72. The van der Waals surface area contributed by atoms with E-state index in [9.17, 15) is 4.79 Å². The second-order valence-electron chi connectivity index (χ2n) is 3.87. The van der Waals surface area contributed by atoms with Crippen molar-refractivity contribution >= 4 is 5.91 Å². The summed E-state index contributed by atoms with van der Waals surface area (Å²) in [6.45, 7) is 3.84. The quantitative estimate of drug-likeness (QED) is 0.461. The smallest absolute Gasteiger partial charge is 0.268 e. The number of nitrogens with zero attached hydrogens (tertiary/aromatic N) is 2. The van der Waals surface area contributed by atoms with Crippen LogP contribution >= 0.6 is 0 Å². The minimum atomic E-state index is -0.332. The minimum absolute atomic E-state index is 0.332. The number of carbonyl (C=O) groups is 1. The van der Waals surface area contributed by atoms with Crippen molar-refractivity contribution in [1.29, 1.82) is 0 Å².